The van der Waals surface area contributed by atoms with Gasteiger partial charge in [-0.15, -0.1) is 0 Å². The van der Waals surface area contributed by atoms with Gasteiger partial charge >= 0.3 is 0 Å². The molecule has 7 nitrogen and oxygen atoms in total. The van der Waals surface area contributed by atoms with E-state index in [1.807, 2.05) is 19.1 Å². The summed E-state index contributed by atoms with van der Waals surface area (Å²) in [6, 6.07) is 3.69. The molecule has 1 amide bonds. The Morgan fingerprint density at radius 2 is 2.04 bits per heavy atom. The fourth-order valence-electron chi connectivity index (χ4n) is 2.57. The minimum atomic E-state index is -0.600. The van der Waals surface area contributed by atoms with Crippen molar-refractivity contribution in [1.29, 1.82) is 0 Å². The number of carbonyl (C=O) groups excluding carboxylic acids is 1. The van der Waals surface area contributed by atoms with Crippen molar-refractivity contribution in [3.8, 4) is 0 Å². The van der Waals surface area contributed by atoms with Crippen LogP contribution in [0.4, 0.5) is 11.5 Å². The van der Waals surface area contributed by atoms with E-state index in [1.54, 1.807) is 6.20 Å². The Bertz CT molecular complexity index is 744. The predicted octanol–water partition coefficient (Wildman–Crippen LogP) is 1.98. The highest BCUT2D eigenvalue weighted by molar-refractivity contribution is 5.96. The van der Waals surface area contributed by atoms with Crippen LogP contribution in [0.1, 0.15) is 48.3 Å². The number of aryl methyl sites for hydroxylation is 1. The number of nitrogens with zero attached hydrogens (tertiary/aromatic N) is 3. The Hall–Kier alpha value is -2.54. The quantitative estimate of drug-likeness (QED) is 0.674. The third-order valence-corrected chi connectivity index (χ3v) is 3.70. The van der Waals surface area contributed by atoms with E-state index in [-0.39, 0.29) is 5.69 Å². The van der Waals surface area contributed by atoms with Crippen LogP contribution < -0.4 is 16.8 Å². The van der Waals surface area contributed by atoms with Crippen molar-refractivity contribution < 1.29 is 4.79 Å². The number of carbonyl (C=O) groups is 1. The number of rotatable bonds is 8. The third kappa shape index (κ3) is 4.96. The molecule has 0 fully saturated rings. The first-order valence-corrected chi connectivity index (χ1v) is 8.56. The van der Waals surface area contributed by atoms with Crippen molar-refractivity contribution >= 4 is 17.4 Å². The molecule has 0 aromatic carbocycles. The van der Waals surface area contributed by atoms with Gasteiger partial charge in [-0.05, 0) is 37.4 Å². The van der Waals surface area contributed by atoms with E-state index in [0.717, 1.165) is 29.2 Å². The fourth-order valence-corrected chi connectivity index (χ4v) is 2.57. The van der Waals surface area contributed by atoms with E-state index in [0.29, 0.717) is 31.1 Å². The molecule has 0 unspecified atom stereocenters. The molecule has 0 atom stereocenters. The normalized spacial score (nSPS) is 10.9. The summed E-state index contributed by atoms with van der Waals surface area (Å²) in [6.07, 6.45) is 3.86. The van der Waals surface area contributed by atoms with Crippen LogP contribution in [0.2, 0.25) is 0 Å². The smallest absolute Gasteiger partial charge is 0.271 e. The Morgan fingerprint density at radius 3 is 2.64 bits per heavy atom. The highest BCUT2D eigenvalue weighted by atomic mass is 16.1. The van der Waals surface area contributed by atoms with Crippen molar-refractivity contribution in [2.75, 3.05) is 11.9 Å². The lowest BCUT2D eigenvalue weighted by molar-refractivity contribution is 0.0996. The molecule has 2 aromatic heterocycles. The number of nitrogens with two attached hydrogens (primary N) is 2. The molecule has 2 aromatic rings. The standard InChI is InChI=1S/C18H26N6O/c1-4-14-15(9-11(2)3)24-18(16(23-14)17(20)25)22-13-6-8-21-12(10-13)5-7-19/h6,8,10-11H,4-5,7,9,19H2,1-3H3,(H2,20,25)(H,21,22,24). The van der Waals surface area contributed by atoms with Gasteiger partial charge in [0.1, 0.15) is 0 Å². The third-order valence-electron chi connectivity index (χ3n) is 3.70. The molecule has 134 valence electrons. The van der Waals surface area contributed by atoms with Gasteiger partial charge in [-0.2, -0.15) is 0 Å². The maximum absolute atomic E-state index is 11.8. The summed E-state index contributed by atoms with van der Waals surface area (Å²) in [5, 5.41) is 3.16. The minimum absolute atomic E-state index is 0.154. The maximum atomic E-state index is 11.8. The van der Waals surface area contributed by atoms with Crippen molar-refractivity contribution in [2.24, 2.45) is 17.4 Å². The Balaban J connectivity index is 2.43. The largest absolute Gasteiger partial charge is 0.364 e. The monoisotopic (exact) mass is 342 g/mol. The van der Waals surface area contributed by atoms with Gasteiger partial charge in [0, 0.05) is 24.0 Å². The molecule has 2 heterocycles. The van der Waals surface area contributed by atoms with Crippen LogP contribution in [-0.4, -0.2) is 27.4 Å². The van der Waals surface area contributed by atoms with E-state index >= 15 is 0 Å². The predicted molar refractivity (Wildman–Crippen MR) is 98.7 cm³/mol. The number of nitrogens with one attached hydrogen (secondary N) is 1. The molecule has 0 spiro atoms. The second-order valence-electron chi connectivity index (χ2n) is 6.33. The SMILES string of the molecule is CCc1nc(C(N)=O)c(Nc2ccnc(CCN)c2)nc1CC(C)C. The van der Waals surface area contributed by atoms with Crippen LogP contribution in [0, 0.1) is 5.92 Å². The first kappa shape index (κ1) is 18.8. The zero-order chi connectivity index (χ0) is 18.4. The summed E-state index contributed by atoms with van der Waals surface area (Å²) < 4.78 is 0. The molecule has 0 aliphatic heterocycles. The van der Waals surface area contributed by atoms with Gasteiger partial charge in [-0.25, -0.2) is 9.97 Å². The number of hydrogen-bond acceptors (Lipinski definition) is 6. The number of primary amides is 1. The van der Waals surface area contributed by atoms with Gasteiger partial charge in [-0.3, -0.25) is 9.78 Å². The Morgan fingerprint density at radius 1 is 1.28 bits per heavy atom. The van der Waals surface area contributed by atoms with Crippen LogP contribution in [0.15, 0.2) is 18.3 Å². The molecule has 0 bridgehead atoms. The van der Waals surface area contributed by atoms with Crippen LogP contribution >= 0.6 is 0 Å². The van der Waals surface area contributed by atoms with E-state index in [4.69, 9.17) is 11.5 Å². The van der Waals surface area contributed by atoms with Crippen molar-refractivity contribution in [2.45, 2.75) is 40.0 Å². The second kappa shape index (κ2) is 8.53. The summed E-state index contributed by atoms with van der Waals surface area (Å²) in [4.78, 5) is 25.2. The summed E-state index contributed by atoms with van der Waals surface area (Å²) in [7, 11) is 0. The summed E-state index contributed by atoms with van der Waals surface area (Å²) in [5.74, 6) is 0.214. The molecule has 7 heteroatoms. The van der Waals surface area contributed by atoms with Crippen LogP contribution in [-0.2, 0) is 19.3 Å². The van der Waals surface area contributed by atoms with Gasteiger partial charge in [0.2, 0.25) is 0 Å². The number of aromatic nitrogens is 3. The summed E-state index contributed by atoms with van der Waals surface area (Å²) in [6.45, 7) is 6.76. The minimum Gasteiger partial charge on any atom is -0.364 e. The second-order valence-corrected chi connectivity index (χ2v) is 6.33. The van der Waals surface area contributed by atoms with Crippen LogP contribution in [0.5, 0.6) is 0 Å². The molecule has 0 aliphatic carbocycles. The van der Waals surface area contributed by atoms with E-state index < -0.39 is 5.91 Å². The van der Waals surface area contributed by atoms with E-state index in [9.17, 15) is 4.79 Å². The summed E-state index contributed by atoms with van der Waals surface area (Å²) in [5.41, 5.74) is 14.6. The first-order valence-electron chi connectivity index (χ1n) is 8.56. The van der Waals surface area contributed by atoms with Crippen molar-refractivity contribution in [3.05, 3.63) is 41.1 Å². The zero-order valence-corrected chi connectivity index (χ0v) is 15.0. The molecule has 25 heavy (non-hydrogen) atoms. The van der Waals surface area contributed by atoms with E-state index in [2.05, 4.69) is 34.1 Å². The molecule has 0 saturated carbocycles. The maximum Gasteiger partial charge on any atom is 0.271 e. The Kier molecular flexibility index (Phi) is 6.41. The molecule has 0 radical (unpaired) electrons. The lowest BCUT2D eigenvalue weighted by Crippen LogP contribution is -2.19. The van der Waals surface area contributed by atoms with Gasteiger partial charge in [0.25, 0.3) is 5.91 Å². The summed E-state index contributed by atoms with van der Waals surface area (Å²) >= 11 is 0. The topological polar surface area (TPSA) is 120 Å². The van der Waals surface area contributed by atoms with Gasteiger partial charge in [-0.1, -0.05) is 20.8 Å². The van der Waals surface area contributed by atoms with E-state index in [1.165, 1.54) is 0 Å². The van der Waals surface area contributed by atoms with Crippen molar-refractivity contribution in [1.82, 2.24) is 15.0 Å². The zero-order valence-electron chi connectivity index (χ0n) is 15.0. The Labute approximate surface area is 148 Å². The highest BCUT2D eigenvalue weighted by Gasteiger charge is 2.17. The van der Waals surface area contributed by atoms with Crippen molar-refractivity contribution in [3.63, 3.8) is 0 Å². The van der Waals surface area contributed by atoms with Gasteiger partial charge in [0.05, 0.1) is 11.4 Å². The van der Waals surface area contributed by atoms with Gasteiger partial charge < -0.3 is 16.8 Å². The van der Waals surface area contributed by atoms with Crippen LogP contribution in [0.25, 0.3) is 0 Å². The highest BCUT2D eigenvalue weighted by Crippen LogP contribution is 2.21. The van der Waals surface area contributed by atoms with Crippen LogP contribution in [0.3, 0.4) is 0 Å². The molecule has 2 rings (SSSR count). The molecular weight excluding hydrogens is 316 g/mol. The number of amides is 1. The molecular formula is C18H26N6O. The average molecular weight is 342 g/mol. The molecule has 0 saturated heterocycles. The fraction of sp³-hybridized carbons (Fsp3) is 0.444. The number of anilines is 2. The lowest BCUT2D eigenvalue weighted by atomic mass is 10.0. The number of pyridine rings is 1. The number of hydrogen-bond donors (Lipinski definition) is 3. The molecule has 0 aliphatic rings. The average Bonchev–Trinajstić information content (AvgIpc) is 2.55. The van der Waals surface area contributed by atoms with Gasteiger partial charge in [0.15, 0.2) is 11.5 Å². The lowest BCUT2D eigenvalue weighted by Gasteiger charge is -2.15. The molecule has 5 N–H and O–H groups in total. The first-order chi connectivity index (χ1) is 11.9.